The largest absolute Gasteiger partial charge is 0.483 e. The Labute approximate surface area is 177 Å². The van der Waals surface area contributed by atoms with Crippen LogP contribution in [0.25, 0.3) is 21.3 Å². The molecule has 0 aliphatic carbocycles. The highest BCUT2D eigenvalue weighted by molar-refractivity contribution is 7.17. The van der Waals surface area contributed by atoms with Gasteiger partial charge in [-0.2, -0.15) is 5.10 Å². The van der Waals surface area contributed by atoms with Gasteiger partial charge in [0.2, 0.25) is 0 Å². The highest BCUT2D eigenvalue weighted by atomic mass is 35.5. The monoisotopic (exact) mass is 422 g/mol. The summed E-state index contributed by atoms with van der Waals surface area (Å²) in [5.41, 5.74) is 7.96. The van der Waals surface area contributed by atoms with E-state index in [9.17, 15) is 0 Å². The standard InChI is InChI=1S/C22H19ClN4OS/c1-27-20(16-11-24-5-3-17(16)26-27)19-9-12-8-13(23)10-15(21(12)28-19)14-2-6-25-18-4-7-29-22(14)18/h2,4,6-8,10,19,24H,3,5,9,11H2,1H3/t19-/m1/s1. The third-order valence-corrected chi connectivity index (χ3v) is 7.01. The Morgan fingerprint density at radius 2 is 2.21 bits per heavy atom. The first kappa shape index (κ1) is 17.4. The Balaban J connectivity index is 1.47. The van der Waals surface area contributed by atoms with Crippen molar-refractivity contribution in [2.24, 2.45) is 7.05 Å². The van der Waals surface area contributed by atoms with Gasteiger partial charge in [-0.1, -0.05) is 11.6 Å². The first-order valence-electron chi connectivity index (χ1n) is 9.76. The van der Waals surface area contributed by atoms with Gasteiger partial charge in [-0.05, 0) is 29.6 Å². The summed E-state index contributed by atoms with van der Waals surface area (Å²) in [4.78, 5) is 4.48. The summed E-state index contributed by atoms with van der Waals surface area (Å²) in [6.45, 7) is 1.83. The summed E-state index contributed by atoms with van der Waals surface area (Å²) >= 11 is 8.22. The van der Waals surface area contributed by atoms with Gasteiger partial charge in [-0.3, -0.25) is 9.67 Å². The van der Waals surface area contributed by atoms with Crippen LogP contribution < -0.4 is 10.1 Å². The molecule has 1 atom stereocenters. The topological polar surface area (TPSA) is 52.0 Å². The maximum absolute atomic E-state index is 6.60. The number of pyridine rings is 1. The van der Waals surface area contributed by atoms with E-state index in [0.717, 1.165) is 63.6 Å². The van der Waals surface area contributed by atoms with Crippen molar-refractivity contribution in [3.05, 3.63) is 63.4 Å². The van der Waals surface area contributed by atoms with Crippen LogP contribution in [0.2, 0.25) is 5.02 Å². The summed E-state index contributed by atoms with van der Waals surface area (Å²) in [5.74, 6) is 0.930. The quantitative estimate of drug-likeness (QED) is 0.510. The number of hydrogen-bond acceptors (Lipinski definition) is 5. The number of nitrogens with one attached hydrogen (secondary N) is 1. The van der Waals surface area contributed by atoms with E-state index in [1.54, 1.807) is 11.3 Å². The number of hydrogen-bond donors (Lipinski definition) is 1. The predicted molar refractivity (Wildman–Crippen MR) is 116 cm³/mol. The Hall–Kier alpha value is -2.41. The molecule has 1 N–H and O–H groups in total. The highest BCUT2D eigenvalue weighted by Crippen LogP contribution is 2.47. The van der Waals surface area contributed by atoms with Gasteiger partial charge in [0.1, 0.15) is 11.9 Å². The molecule has 0 bridgehead atoms. The number of fused-ring (bicyclic) bond motifs is 3. The second kappa shape index (κ2) is 6.55. The van der Waals surface area contributed by atoms with Crippen molar-refractivity contribution < 1.29 is 4.74 Å². The lowest BCUT2D eigenvalue weighted by atomic mass is 9.98. The van der Waals surface area contributed by atoms with Crippen molar-refractivity contribution in [1.82, 2.24) is 20.1 Å². The minimum absolute atomic E-state index is 0.0518. The summed E-state index contributed by atoms with van der Waals surface area (Å²) in [6, 6.07) is 8.15. The molecule has 5 heterocycles. The lowest BCUT2D eigenvalue weighted by Crippen LogP contribution is -2.24. The number of halogens is 1. The lowest BCUT2D eigenvalue weighted by Gasteiger charge is -2.17. The summed E-state index contributed by atoms with van der Waals surface area (Å²) in [5, 5.41) is 11.0. The molecule has 0 radical (unpaired) electrons. The second-order valence-corrected chi connectivity index (χ2v) is 8.96. The van der Waals surface area contributed by atoms with Gasteiger partial charge in [-0.25, -0.2) is 0 Å². The maximum atomic E-state index is 6.60. The summed E-state index contributed by atoms with van der Waals surface area (Å²) in [6.07, 6.45) is 3.57. The van der Waals surface area contributed by atoms with Crippen molar-refractivity contribution >= 4 is 33.2 Å². The van der Waals surface area contributed by atoms with Gasteiger partial charge in [0.15, 0.2) is 0 Å². The van der Waals surface area contributed by atoms with Crippen LogP contribution in [0.4, 0.5) is 0 Å². The van der Waals surface area contributed by atoms with Crippen LogP contribution in [0.5, 0.6) is 5.75 Å². The van der Waals surface area contributed by atoms with Gasteiger partial charge in [-0.15, -0.1) is 11.3 Å². The maximum Gasteiger partial charge on any atom is 0.145 e. The Kier molecular flexibility index (Phi) is 3.94. The van der Waals surface area contributed by atoms with Crippen LogP contribution >= 0.6 is 22.9 Å². The van der Waals surface area contributed by atoms with Crippen molar-refractivity contribution in [3.8, 4) is 16.9 Å². The summed E-state index contributed by atoms with van der Waals surface area (Å²) < 4.78 is 9.76. The zero-order chi connectivity index (χ0) is 19.5. The molecule has 0 saturated heterocycles. The molecule has 0 amide bonds. The van der Waals surface area contributed by atoms with Gasteiger partial charge in [0, 0.05) is 66.5 Å². The fraction of sp³-hybridized carbons (Fsp3) is 0.273. The number of benzene rings is 1. The lowest BCUT2D eigenvalue weighted by molar-refractivity contribution is 0.226. The number of ether oxygens (including phenoxy) is 1. The van der Waals surface area contributed by atoms with Crippen LogP contribution in [-0.2, 0) is 26.4 Å². The molecule has 4 aromatic rings. The van der Waals surface area contributed by atoms with E-state index in [1.165, 1.54) is 17.0 Å². The second-order valence-electron chi connectivity index (χ2n) is 7.61. The molecule has 0 unspecified atom stereocenters. The SMILES string of the molecule is Cn1nc2c(c1[C@H]1Cc3cc(Cl)cc(-c4ccnc5ccsc45)c3O1)CNCC2. The molecule has 2 aliphatic rings. The van der Waals surface area contributed by atoms with E-state index in [1.807, 2.05) is 36.1 Å². The van der Waals surface area contributed by atoms with E-state index in [-0.39, 0.29) is 6.10 Å². The molecular weight excluding hydrogens is 404 g/mol. The molecule has 29 heavy (non-hydrogen) atoms. The Bertz CT molecular complexity index is 1260. The fourth-order valence-electron chi connectivity index (χ4n) is 4.62. The molecule has 0 fully saturated rings. The van der Waals surface area contributed by atoms with Crippen LogP contribution in [0.15, 0.2) is 35.8 Å². The number of aromatic nitrogens is 3. The van der Waals surface area contributed by atoms with E-state index < -0.39 is 0 Å². The highest BCUT2D eigenvalue weighted by Gasteiger charge is 2.33. The van der Waals surface area contributed by atoms with Crippen molar-refractivity contribution in [1.29, 1.82) is 0 Å². The normalized spacial score (nSPS) is 17.9. The molecule has 6 rings (SSSR count). The van der Waals surface area contributed by atoms with Crippen LogP contribution in [-0.4, -0.2) is 21.3 Å². The minimum atomic E-state index is -0.0518. The van der Waals surface area contributed by atoms with Crippen molar-refractivity contribution in [2.45, 2.75) is 25.5 Å². The number of nitrogens with zero attached hydrogens (tertiary/aromatic N) is 3. The molecule has 7 heteroatoms. The Morgan fingerprint density at radius 1 is 1.28 bits per heavy atom. The number of rotatable bonds is 2. The first-order chi connectivity index (χ1) is 14.2. The zero-order valence-corrected chi connectivity index (χ0v) is 17.5. The molecule has 0 saturated carbocycles. The third-order valence-electron chi connectivity index (χ3n) is 5.85. The smallest absolute Gasteiger partial charge is 0.145 e. The van der Waals surface area contributed by atoms with Crippen molar-refractivity contribution in [2.75, 3.05) is 6.54 Å². The van der Waals surface area contributed by atoms with Crippen LogP contribution in [0, 0.1) is 0 Å². The van der Waals surface area contributed by atoms with E-state index in [4.69, 9.17) is 21.4 Å². The van der Waals surface area contributed by atoms with Gasteiger partial charge >= 0.3 is 0 Å². The average molecular weight is 423 g/mol. The van der Waals surface area contributed by atoms with E-state index in [0.29, 0.717) is 0 Å². The van der Waals surface area contributed by atoms with Crippen molar-refractivity contribution in [3.63, 3.8) is 0 Å². The number of aryl methyl sites for hydroxylation is 1. The average Bonchev–Trinajstić information content (AvgIpc) is 3.42. The minimum Gasteiger partial charge on any atom is -0.483 e. The molecule has 146 valence electrons. The molecule has 3 aromatic heterocycles. The van der Waals surface area contributed by atoms with Crippen LogP contribution in [0.3, 0.4) is 0 Å². The van der Waals surface area contributed by atoms with Gasteiger partial charge in [0.05, 0.1) is 21.6 Å². The number of thiophene rings is 1. The molecular formula is C22H19ClN4OS. The third kappa shape index (κ3) is 2.70. The molecule has 5 nitrogen and oxygen atoms in total. The molecule has 1 aromatic carbocycles. The molecule has 0 spiro atoms. The zero-order valence-electron chi connectivity index (χ0n) is 15.9. The molecule has 2 aliphatic heterocycles. The first-order valence-corrected chi connectivity index (χ1v) is 11.0. The van der Waals surface area contributed by atoms with Crippen LogP contribution in [0.1, 0.15) is 28.6 Å². The fourth-order valence-corrected chi connectivity index (χ4v) is 5.74. The summed E-state index contributed by atoms with van der Waals surface area (Å²) in [7, 11) is 2.02. The Morgan fingerprint density at radius 3 is 3.14 bits per heavy atom. The van der Waals surface area contributed by atoms with Gasteiger partial charge < -0.3 is 10.1 Å². The van der Waals surface area contributed by atoms with Gasteiger partial charge in [0.25, 0.3) is 0 Å². The van der Waals surface area contributed by atoms with E-state index in [2.05, 4.69) is 21.7 Å². The predicted octanol–water partition coefficient (Wildman–Crippen LogP) is 4.67. The van der Waals surface area contributed by atoms with E-state index >= 15 is 0 Å².